The van der Waals surface area contributed by atoms with Crippen LogP contribution in [0.15, 0.2) is 53.0 Å². The van der Waals surface area contributed by atoms with Crippen molar-refractivity contribution in [3.05, 3.63) is 64.1 Å². The lowest BCUT2D eigenvalue weighted by molar-refractivity contribution is 0.304. The predicted octanol–water partition coefficient (Wildman–Crippen LogP) is 4.92. The fourth-order valence-electron chi connectivity index (χ4n) is 1.54. The highest BCUT2D eigenvalue weighted by Crippen LogP contribution is 2.22. The summed E-state index contributed by atoms with van der Waals surface area (Å²) in [6, 6.07) is 16.2. The van der Waals surface area contributed by atoms with E-state index in [0.29, 0.717) is 6.61 Å². The van der Waals surface area contributed by atoms with Gasteiger partial charge in [0.15, 0.2) is 0 Å². The van der Waals surface area contributed by atoms with E-state index < -0.39 is 0 Å². The Kier molecular flexibility index (Phi) is 4.63. The molecule has 0 atom stereocenters. The van der Waals surface area contributed by atoms with Gasteiger partial charge in [0.2, 0.25) is 0 Å². The second-order valence-corrected chi connectivity index (χ2v) is 5.14. The third-order valence-corrected chi connectivity index (χ3v) is 3.50. The van der Waals surface area contributed by atoms with E-state index in [4.69, 9.17) is 4.74 Å². The van der Waals surface area contributed by atoms with E-state index in [2.05, 4.69) is 50.1 Å². The third kappa shape index (κ3) is 3.58. The maximum Gasteiger partial charge on any atom is 0.123 e. The van der Waals surface area contributed by atoms with Crippen molar-refractivity contribution in [2.24, 2.45) is 0 Å². The maximum absolute atomic E-state index is 5.82. The summed E-state index contributed by atoms with van der Waals surface area (Å²) in [5.41, 5.74) is 2.33. The molecule has 0 saturated heterocycles. The Morgan fingerprint density at radius 2 is 1.82 bits per heavy atom. The summed E-state index contributed by atoms with van der Waals surface area (Å²) >= 11 is 6.91. The molecule has 0 fully saturated rings. The van der Waals surface area contributed by atoms with Gasteiger partial charge in [-0.25, -0.2) is 0 Å². The topological polar surface area (TPSA) is 9.23 Å². The molecule has 0 unspecified atom stereocenters. The minimum atomic E-state index is 0.587. The molecule has 2 aromatic rings. The van der Waals surface area contributed by atoms with Gasteiger partial charge >= 0.3 is 0 Å². The highest BCUT2D eigenvalue weighted by Gasteiger charge is 2.01. The lowest BCUT2D eigenvalue weighted by Gasteiger charge is -2.10. The number of hydrogen-bond acceptors (Lipinski definition) is 1. The molecule has 3 heteroatoms. The van der Waals surface area contributed by atoms with Crippen molar-refractivity contribution >= 4 is 31.9 Å². The Morgan fingerprint density at radius 1 is 1.00 bits per heavy atom. The summed E-state index contributed by atoms with van der Waals surface area (Å²) in [6.45, 7) is 0.587. The first kappa shape index (κ1) is 12.7. The van der Waals surface area contributed by atoms with Crippen molar-refractivity contribution in [3.8, 4) is 5.75 Å². The summed E-state index contributed by atoms with van der Waals surface area (Å²) in [5, 5.41) is 0.807. The van der Waals surface area contributed by atoms with Gasteiger partial charge in [-0.2, -0.15) is 0 Å². The van der Waals surface area contributed by atoms with E-state index in [9.17, 15) is 0 Å². The molecule has 88 valence electrons. The Bertz CT molecular complexity index is 497. The molecule has 0 spiro atoms. The first-order valence-electron chi connectivity index (χ1n) is 5.30. The Balaban J connectivity index is 2.07. The number of para-hydroxylation sites is 1. The number of halogens is 2. The highest BCUT2D eigenvalue weighted by atomic mass is 79.9. The first-order valence-corrected chi connectivity index (χ1v) is 7.22. The largest absolute Gasteiger partial charge is 0.489 e. The summed E-state index contributed by atoms with van der Waals surface area (Å²) in [6.07, 6.45) is 0. The smallest absolute Gasteiger partial charge is 0.123 e. The molecule has 0 aliphatic carbocycles. The van der Waals surface area contributed by atoms with Crippen LogP contribution in [0.3, 0.4) is 0 Å². The minimum Gasteiger partial charge on any atom is -0.489 e. The molecule has 0 saturated carbocycles. The van der Waals surface area contributed by atoms with Gasteiger partial charge in [-0.15, -0.1) is 0 Å². The SMILES string of the molecule is BrCc1ccccc1OCc1cccc(Br)c1. The zero-order chi connectivity index (χ0) is 12.1. The van der Waals surface area contributed by atoms with Crippen molar-refractivity contribution < 1.29 is 4.74 Å². The molecule has 2 rings (SSSR count). The Labute approximate surface area is 118 Å². The van der Waals surface area contributed by atoms with Crippen LogP contribution >= 0.6 is 31.9 Å². The quantitative estimate of drug-likeness (QED) is 0.707. The molecular formula is C14H12Br2O. The van der Waals surface area contributed by atoms with Gasteiger partial charge in [-0.05, 0) is 23.8 Å². The van der Waals surface area contributed by atoms with Crippen molar-refractivity contribution in [1.29, 1.82) is 0 Å². The van der Waals surface area contributed by atoms with E-state index in [-0.39, 0.29) is 0 Å². The molecular weight excluding hydrogens is 344 g/mol. The number of hydrogen-bond donors (Lipinski definition) is 0. The van der Waals surface area contributed by atoms with E-state index in [1.807, 2.05) is 30.3 Å². The third-order valence-electron chi connectivity index (χ3n) is 2.40. The predicted molar refractivity (Wildman–Crippen MR) is 77.5 cm³/mol. The number of ether oxygens (including phenoxy) is 1. The lowest BCUT2D eigenvalue weighted by atomic mass is 10.2. The molecule has 0 aromatic heterocycles. The van der Waals surface area contributed by atoms with Crippen molar-refractivity contribution in [1.82, 2.24) is 0 Å². The molecule has 2 aromatic carbocycles. The Hall–Kier alpha value is -0.800. The summed E-state index contributed by atoms with van der Waals surface area (Å²) < 4.78 is 6.89. The van der Waals surface area contributed by atoms with Gasteiger partial charge in [0, 0.05) is 15.4 Å². The monoisotopic (exact) mass is 354 g/mol. The molecule has 0 heterocycles. The number of benzene rings is 2. The zero-order valence-electron chi connectivity index (χ0n) is 9.20. The van der Waals surface area contributed by atoms with Crippen LogP contribution in [-0.4, -0.2) is 0 Å². The van der Waals surface area contributed by atoms with Gasteiger partial charge in [-0.3, -0.25) is 0 Å². The molecule has 0 N–H and O–H groups in total. The maximum atomic E-state index is 5.82. The lowest BCUT2D eigenvalue weighted by Crippen LogP contribution is -1.97. The summed E-state index contributed by atoms with van der Waals surface area (Å²) in [5.74, 6) is 0.935. The summed E-state index contributed by atoms with van der Waals surface area (Å²) in [7, 11) is 0. The molecule has 0 amide bonds. The highest BCUT2D eigenvalue weighted by molar-refractivity contribution is 9.10. The van der Waals surface area contributed by atoms with Gasteiger partial charge in [0.05, 0.1) is 0 Å². The molecule has 0 radical (unpaired) electrons. The fourth-order valence-corrected chi connectivity index (χ4v) is 2.45. The average molecular weight is 356 g/mol. The molecule has 0 bridgehead atoms. The van der Waals surface area contributed by atoms with Crippen LogP contribution in [0.2, 0.25) is 0 Å². The van der Waals surface area contributed by atoms with Gasteiger partial charge in [0.1, 0.15) is 12.4 Å². The molecule has 1 nitrogen and oxygen atoms in total. The van der Waals surface area contributed by atoms with Crippen molar-refractivity contribution in [2.45, 2.75) is 11.9 Å². The standard InChI is InChI=1S/C14H12Br2O/c15-9-12-5-1-2-7-14(12)17-10-11-4-3-6-13(16)8-11/h1-8H,9-10H2. The molecule has 0 aliphatic rings. The normalized spacial score (nSPS) is 10.2. The van der Waals surface area contributed by atoms with E-state index >= 15 is 0 Å². The zero-order valence-corrected chi connectivity index (χ0v) is 12.4. The van der Waals surface area contributed by atoms with Crippen LogP contribution < -0.4 is 4.74 Å². The van der Waals surface area contributed by atoms with Crippen LogP contribution in [0, 0.1) is 0 Å². The van der Waals surface area contributed by atoms with E-state index in [1.165, 1.54) is 5.56 Å². The fraction of sp³-hybridized carbons (Fsp3) is 0.143. The van der Waals surface area contributed by atoms with Gasteiger partial charge in [0.25, 0.3) is 0 Å². The average Bonchev–Trinajstić information content (AvgIpc) is 2.37. The van der Waals surface area contributed by atoms with Crippen molar-refractivity contribution in [3.63, 3.8) is 0 Å². The van der Waals surface area contributed by atoms with Gasteiger partial charge in [-0.1, -0.05) is 62.2 Å². The second-order valence-electron chi connectivity index (χ2n) is 3.66. The molecule has 17 heavy (non-hydrogen) atoms. The van der Waals surface area contributed by atoms with Crippen LogP contribution in [0.5, 0.6) is 5.75 Å². The van der Waals surface area contributed by atoms with Crippen LogP contribution in [-0.2, 0) is 11.9 Å². The molecule has 0 aliphatic heterocycles. The van der Waals surface area contributed by atoms with Crippen LogP contribution in [0.25, 0.3) is 0 Å². The van der Waals surface area contributed by atoms with E-state index in [0.717, 1.165) is 21.1 Å². The van der Waals surface area contributed by atoms with Gasteiger partial charge < -0.3 is 4.74 Å². The van der Waals surface area contributed by atoms with Crippen LogP contribution in [0.4, 0.5) is 0 Å². The second kappa shape index (κ2) is 6.22. The minimum absolute atomic E-state index is 0.587. The van der Waals surface area contributed by atoms with Crippen molar-refractivity contribution in [2.75, 3.05) is 0 Å². The number of alkyl halides is 1. The summed E-state index contributed by atoms with van der Waals surface area (Å²) in [4.78, 5) is 0. The first-order chi connectivity index (χ1) is 8.29. The number of rotatable bonds is 4. The Morgan fingerprint density at radius 3 is 2.59 bits per heavy atom. The van der Waals surface area contributed by atoms with E-state index in [1.54, 1.807) is 0 Å². The van der Waals surface area contributed by atoms with Crippen LogP contribution in [0.1, 0.15) is 11.1 Å².